The van der Waals surface area contributed by atoms with Gasteiger partial charge in [-0.25, -0.2) is 9.98 Å². The molecule has 1 aromatic heterocycles. The average molecular weight is 407 g/mol. The number of rotatable bonds is 6. The topological polar surface area (TPSA) is 47.0 Å². The zero-order chi connectivity index (χ0) is 20.6. The quantitative estimate of drug-likeness (QED) is 0.590. The van der Waals surface area contributed by atoms with Gasteiger partial charge in [-0.3, -0.25) is 4.90 Å². The highest BCUT2D eigenvalue weighted by Crippen LogP contribution is 2.19. The molecule has 2 aliphatic rings. The minimum atomic E-state index is 0.690. The Hall–Kier alpha value is -2.60. The zero-order valence-electron chi connectivity index (χ0n) is 18.1. The number of nitrogens with zero attached hydrogens (tertiary/aromatic N) is 5. The standard InChI is InChI=1S/C24H34N6/c1-2-25-24(27-19-22-10-11-26-23(18-22)29-12-6-7-13-29)30-16-14-28(15-17-30)20-21-8-4-3-5-9-21/h3-5,8-11,18H,2,6-7,12-17,19-20H2,1H3,(H,25,27). The lowest BCUT2D eigenvalue weighted by molar-refractivity contribution is 0.172. The SMILES string of the molecule is CCNC(=NCc1ccnc(N2CCCC2)c1)N1CCN(Cc2ccccc2)CC1. The van der Waals surface area contributed by atoms with E-state index in [1.807, 2.05) is 6.20 Å². The van der Waals surface area contributed by atoms with Crippen LogP contribution >= 0.6 is 0 Å². The third kappa shape index (κ3) is 5.51. The van der Waals surface area contributed by atoms with Crippen molar-refractivity contribution in [2.24, 2.45) is 4.99 Å². The fourth-order valence-electron chi connectivity index (χ4n) is 4.23. The van der Waals surface area contributed by atoms with Crippen molar-refractivity contribution in [1.82, 2.24) is 20.1 Å². The van der Waals surface area contributed by atoms with Gasteiger partial charge in [-0.15, -0.1) is 0 Å². The smallest absolute Gasteiger partial charge is 0.194 e. The number of nitrogens with one attached hydrogen (secondary N) is 1. The molecule has 1 aromatic carbocycles. The molecule has 0 saturated carbocycles. The third-order valence-electron chi connectivity index (χ3n) is 5.91. The summed E-state index contributed by atoms with van der Waals surface area (Å²) in [6.07, 6.45) is 4.46. The van der Waals surface area contributed by atoms with Gasteiger partial charge in [0.05, 0.1) is 6.54 Å². The molecule has 0 spiro atoms. The number of benzene rings is 1. The molecule has 3 heterocycles. The second-order valence-electron chi connectivity index (χ2n) is 8.14. The molecule has 30 heavy (non-hydrogen) atoms. The number of pyridine rings is 1. The highest BCUT2D eigenvalue weighted by molar-refractivity contribution is 5.80. The summed E-state index contributed by atoms with van der Waals surface area (Å²) in [6.45, 7) is 11.1. The Bertz CT molecular complexity index is 807. The van der Waals surface area contributed by atoms with E-state index in [0.717, 1.165) is 64.1 Å². The number of aromatic nitrogens is 1. The minimum absolute atomic E-state index is 0.690. The van der Waals surface area contributed by atoms with E-state index in [1.165, 1.54) is 24.0 Å². The molecular formula is C24H34N6. The molecule has 4 rings (SSSR count). The van der Waals surface area contributed by atoms with Crippen LogP contribution in [0.3, 0.4) is 0 Å². The van der Waals surface area contributed by atoms with Crippen molar-refractivity contribution in [2.75, 3.05) is 50.7 Å². The van der Waals surface area contributed by atoms with Gasteiger partial charge < -0.3 is 15.1 Å². The van der Waals surface area contributed by atoms with Crippen LogP contribution in [0, 0.1) is 0 Å². The van der Waals surface area contributed by atoms with E-state index < -0.39 is 0 Å². The molecule has 0 amide bonds. The lowest BCUT2D eigenvalue weighted by Crippen LogP contribution is -2.52. The predicted octanol–water partition coefficient (Wildman–Crippen LogP) is 2.97. The van der Waals surface area contributed by atoms with Gasteiger partial charge in [-0.1, -0.05) is 30.3 Å². The average Bonchev–Trinajstić information content (AvgIpc) is 3.33. The molecule has 2 saturated heterocycles. The van der Waals surface area contributed by atoms with Gasteiger partial charge in [0.2, 0.25) is 0 Å². The maximum atomic E-state index is 4.95. The van der Waals surface area contributed by atoms with Gasteiger partial charge in [0, 0.05) is 58.6 Å². The van der Waals surface area contributed by atoms with Gasteiger partial charge >= 0.3 is 0 Å². The van der Waals surface area contributed by atoms with Crippen LogP contribution in [0.25, 0.3) is 0 Å². The van der Waals surface area contributed by atoms with Crippen LogP contribution in [-0.4, -0.2) is 66.6 Å². The summed E-state index contributed by atoms with van der Waals surface area (Å²) in [5.41, 5.74) is 2.61. The molecule has 0 aliphatic carbocycles. The van der Waals surface area contributed by atoms with E-state index in [2.05, 4.69) is 74.4 Å². The highest BCUT2D eigenvalue weighted by Gasteiger charge is 2.20. The molecular weight excluding hydrogens is 372 g/mol. The Morgan fingerprint density at radius 2 is 1.73 bits per heavy atom. The molecule has 160 valence electrons. The fourth-order valence-corrected chi connectivity index (χ4v) is 4.23. The Labute approximate surface area is 180 Å². The van der Waals surface area contributed by atoms with Crippen LogP contribution in [0.1, 0.15) is 30.9 Å². The minimum Gasteiger partial charge on any atom is -0.357 e. The molecule has 0 unspecified atom stereocenters. The van der Waals surface area contributed by atoms with E-state index in [9.17, 15) is 0 Å². The van der Waals surface area contributed by atoms with Crippen LogP contribution in [0.4, 0.5) is 5.82 Å². The largest absolute Gasteiger partial charge is 0.357 e. The Morgan fingerprint density at radius 1 is 0.967 bits per heavy atom. The second kappa shape index (κ2) is 10.4. The summed E-state index contributed by atoms with van der Waals surface area (Å²) >= 11 is 0. The van der Waals surface area contributed by atoms with Crippen molar-refractivity contribution < 1.29 is 0 Å². The van der Waals surface area contributed by atoms with Gasteiger partial charge in [0.15, 0.2) is 5.96 Å². The van der Waals surface area contributed by atoms with Gasteiger partial charge in [-0.2, -0.15) is 0 Å². The Morgan fingerprint density at radius 3 is 2.47 bits per heavy atom. The summed E-state index contributed by atoms with van der Waals surface area (Å²) in [6, 6.07) is 15.0. The maximum Gasteiger partial charge on any atom is 0.194 e. The molecule has 0 atom stereocenters. The number of piperazine rings is 1. The normalized spacial score (nSPS) is 18.1. The van der Waals surface area contributed by atoms with Gasteiger partial charge in [0.1, 0.15) is 5.82 Å². The first-order valence-corrected chi connectivity index (χ1v) is 11.3. The first-order chi connectivity index (χ1) is 14.8. The van der Waals surface area contributed by atoms with Crippen LogP contribution < -0.4 is 10.2 Å². The predicted molar refractivity (Wildman–Crippen MR) is 124 cm³/mol. The van der Waals surface area contributed by atoms with E-state index in [-0.39, 0.29) is 0 Å². The molecule has 6 nitrogen and oxygen atoms in total. The van der Waals surface area contributed by atoms with E-state index >= 15 is 0 Å². The first kappa shape index (κ1) is 20.7. The Balaban J connectivity index is 1.34. The molecule has 0 radical (unpaired) electrons. The lowest BCUT2D eigenvalue weighted by atomic mass is 10.2. The highest BCUT2D eigenvalue weighted by atomic mass is 15.3. The first-order valence-electron chi connectivity index (χ1n) is 11.3. The van der Waals surface area contributed by atoms with E-state index in [0.29, 0.717) is 6.54 Å². The Kier molecular flexibility index (Phi) is 7.19. The van der Waals surface area contributed by atoms with Crippen LogP contribution in [-0.2, 0) is 13.1 Å². The summed E-state index contributed by atoms with van der Waals surface area (Å²) in [4.78, 5) is 16.8. The summed E-state index contributed by atoms with van der Waals surface area (Å²) < 4.78 is 0. The van der Waals surface area contributed by atoms with Crippen LogP contribution in [0.15, 0.2) is 53.7 Å². The van der Waals surface area contributed by atoms with Crippen molar-refractivity contribution in [3.63, 3.8) is 0 Å². The van der Waals surface area contributed by atoms with Crippen LogP contribution in [0.5, 0.6) is 0 Å². The van der Waals surface area contributed by atoms with Crippen molar-refractivity contribution in [3.8, 4) is 0 Å². The number of hydrogen-bond donors (Lipinski definition) is 1. The monoisotopic (exact) mass is 406 g/mol. The molecule has 6 heteroatoms. The van der Waals surface area contributed by atoms with E-state index in [4.69, 9.17) is 4.99 Å². The number of anilines is 1. The molecule has 1 N–H and O–H groups in total. The third-order valence-corrected chi connectivity index (χ3v) is 5.91. The zero-order valence-corrected chi connectivity index (χ0v) is 18.1. The van der Waals surface area contributed by atoms with Crippen molar-refractivity contribution >= 4 is 11.8 Å². The maximum absolute atomic E-state index is 4.95. The van der Waals surface area contributed by atoms with Crippen molar-refractivity contribution in [2.45, 2.75) is 32.9 Å². The second-order valence-corrected chi connectivity index (χ2v) is 8.14. The number of guanidine groups is 1. The molecule has 0 bridgehead atoms. The van der Waals surface area contributed by atoms with Gasteiger partial charge in [-0.05, 0) is 43.0 Å². The van der Waals surface area contributed by atoms with Crippen molar-refractivity contribution in [3.05, 3.63) is 59.8 Å². The van der Waals surface area contributed by atoms with Crippen molar-refractivity contribution in [1.29, 1.82) is 0 Å². The lowest BCUT2D eigenvalue weighted by Gasteiger charge is -2.36. The number of hydrogen-bond acceptors (Lipinski definition) is 4. The summed E-state index contributed by atoms with van der Waals surface area (Å²) in [7, 11) is 0. The van der Waals surface area contributed by atoms with E-state index in [1.54, 1.807) is 0 Å². The van der Waals surface area contributed by atoms with Crippen LogP contribution in [0.2, 0.25) is 0 Å². The molecule has 2 fully saturated rings. The summed E-state index contributed by atoms with van der Waals surface area (Å²) in [5, 5.41) is 3.49. The van der Waals surface area contributed by atoms with Gasteiger partial charge in [0.25, 0.3) is 0 Å². The molecule has 2 aromatic rings. The fraction of sp³-hybridized carbons (Fsp3) is 0.500. The molecule has 2 aliphatic heterocycles. The summed E-state index contributed by atoms with van der Waals surface area (Å²) in [5.74, 6) is 2.12. The number of aliphatic imine (C=N–C) groups is 1.